The third-order valence-electron chi connectivity index (χ3n) is 3.28. The Hall–Kier alpha value is -1.45. The third kappa shape index (κ3) is 1.92. The lowest BCUT2D eigenvalue weighted by Gasteiger charge is -2.19. The van der Waals surface area contributed by atoms with Crippen LogP contribution in [0.25, 0.3) is 0 Å². The molecule has 0 aliphatic heterocycles. The van der Waals surface area contributed by atoms with Crippen LogP contribution in [0.1, 0.15) is 49.6 Å². The lowest BCUT2D eigenvalue weighted by molar-refractivity contribution is -0.118. The van der Waals surface area contributed by atoms with E-state index in [1.807, 2.05) is 6.92 Å². The van der Waals surface area contributed by atoms with Crippen molar-refractivity contribution >= 4 is 5.78 Å². The van der Waals surface area contributed by atoms with Gasteiger partial charge in [0.05, 0.1) is 11.6 Å². The normalized spacial score (nSPS) is 16.6. The zero-order valence-electron chi connectivity index (χ0n) is 9.67. The quantitative estimate of drug-likeness (QED) is 0.818. The highest BCUT2D eigenvalue weighted by atomic mass is 16.1. The molecule has 1 atom stereocenters. The van der Waals surface area contributed by atoms with Crippen LogP contribution in [0.3, 0.4) is 0 Å². The zero-order chi connectivity index (χ0) is 11.7. The Morgan fingerprint density at radius 2 is 2.06 bits per heavy atom. The van der Waals surface area contributed by atoms with Crippen LogP contribution >= 0.6 is 0 Å². The molecule has 1 N–H and O–H groups in total. The lowest BCUT2D eigenvalue weighted by atomic mass is 9.89. The molecule has 1 aromatic heterocycles. The van der Waals surface area contributed by atoms with Crippen LogP contribution in [-0.4, -0.2) is 15.8 Å². The van der Waals surface area contributed by atoms with Gasteiger partial charge in [-0.1, -0.05) is 0 Å². The molecule has 0 bridgehead atoms. The second-order valence-corrected chi connectivity index (χ2v) is 4.42. The fourth-order valence-electron chi connectivity index (χ4n) is 2.21. The Balaban J connectivity index is 2.55. The van der Waals surface area contributed by atoms with Crippen molar-refractivity contribution in [3.05, 3.63) is 27.4 Å². The van der Waals surface area contributed by atoms with E-state index in [-0.39, 0.29) is 17.4 Å². The van der Waals surface area contributed by atoms with E-state index in [2.05, 4.69) is 9.97 Å². The third-order valence-corrected chi connectivity index (χ3v) is 3.28. The summed E-state index contributed by atoms with van der Waals surface area (Å²) in [5, 5.41) is 0. The van der Waals surface area contributed by atoms with Gasteiger partial charge in [-0.05, 0) is 45.1 Å². The van der Waals surface area contributed by atoms with E-state index >= 15 is 0 Å². The van der Waals surface area contributed by atoms with Crippen molar-refractivity contribution in [3.8, 4) is 0 Å². The average Bonchev–Trinajstić information content (AvgIpc) is 2.26. The summed E-state index contributed by atoms with van der Waals surface area (Å²) in [6, 6.07) is 0. The van der Waals surface area contributed by atoms with Crippen LogP contribution in [-0.2, 0) is 17.6 Å². The SMILES string of the molecule is CC(=O)C(C)c1nc(=O)[nH]c2c1CCCC2. The molecule has 0 fully saturated rings. The molecule has 86 valence electrons. The number of carbonyl (C=O) groups is 1. The van der Waals surface area contributed by atoms with Gasteiger partial charge in [-0.25, -0.2) is 4.79 Å². The van der Waals surface area contributed by atoms with E-state index in [0.29, 0.717) is 5.69 Å². The predicted molar refractivity (Wildman–Crippen MR) is 60.6 cm³/mol. The fourth-order valence-corrected chi connectivity index (χ4v) is 2.21. The van der Waals surface area contributed by atoms with Gasteiger partial charge in [0.25, 0.3) is 0 Å². The predicted octanol–water partition coefficient (Wildman–Crippen LogP) is 1.34. The summed E-state index contributed by atoms with van der Waals surface area (Å²) in [6.07, 6.45) is 4.02. The van der Waals surface area contributed by atoms with Crippen molar-refractivity contribution in [3.63, 3.8) is 0 Å². The van der Waals surface area contributed by atoms with Crippen LogP contribution < -0.4 is 5.69 Å². The molecule has 0 saturated carbocycles. The Kier molecular flexibility index (Phi) is 2.90. The summed E-state index contributed by atoms with van der Waals surface area (Å²) in [7, 11) is 0. The van der Waals surface area contributed by atoms with Gasteiger partial charge in [-0.3, -0.25) is 4.79 Å². The van der Waals surface area contributed by atoms with Gasteiger partial charge in [0, 0.05) is 5.69 Å². The Morgan fingerprint density at radius 3 is 2.75 bits per heavy atom. The number of hydrogen-bond acceptors (Lipinski definition) is 3. The molecule has 1 aromatic rings. The van der Waals surface area contributed by atoms with Crippen molar-refractivity contribution < 1.29 is 4.79 Å². The number of nitrogens with one attached hydrogen (secondary N) is 1. The molecule has 2 rings (SSSR count). The molecule has 4 nitrogen and oxygen atoms in total. The lowest BCUT2D eigenvalue weighted by Crippen LogP contribution is -2.24. The number of Topliss-reactive ketones (excluding diaryl/α,β-unsaturated/α-hetero) is 1. The van der Waals surface area contributed by atoms with E-state index in [1.54, 1.807) is 6.92 Å². The first kappa shape index (κ1) is 11.0. The van der Waals surface area contributed by atoms with E-state index < -0.39 is 0 Å². The van der Waals surface area contributed by atoms with Crippen LogP contribution in [0.5, 0.6) is 0 Å². The van der Waals surface area contributed by atoms with Crippen LogP contribution in [0.4, 0.5) is 0 Å². The number of H-pyrrole nitrogens is 1. The van der Waals surface area contributed by atoms with Crippen molar-refractivity contribution in [2.24, 2.45) is 0 Å². The van der Waals surface area contributed by atoms with Gasteiger partial charge in [0.1, 0.15) is 5.78 Å². The molecule has 0 spiro atoms. The molecular weight excluding hydrogens is 204 g/mol. The number of ketones is 1. The van der Waals surface area contributed by atoms with Crippen LogP contribution in [0, 0.1) is 0 Å². The summed E-state index contributed by atoms with van der Waals surface area (Å²) in [5.41, 5.74) is 2.43. The molecule has 4 heteroatoms. The van der Waals surface area contributed by atoms with Gasteiger partial charge in [-0.2, -0.15) is 4.98 Å². The van der Waals surface area contributed by atoms with E-state index in [1.165, 1.54) is 0 Å². The topological polar surface area (TPSA) is 62.8 Å². The largest absolute Gasteiger partial charge is 0.345 e. The highest BCUT2D eigenvalue weighted by Gasteiger charge is 2.22. The molecular formula is C12H16N2O2. The molecule has 0 amide bonds. The molecule has 1 aliphatic rings. The Labute approximate surface area is 94.1 Å². The fraction of sp³-hybridized carbons (Fsp3) is 0.583. The van der Waals surface area contributed by atoms with Gasteiger partial charge < -0.3 is 4.98 Å². The summed E-state index contributed by atoms with van der Waals surface area (Å²) in [4.78, 5) is 29.6. The van der Waals surface area contributed by atoms with E-state index in [9.17, 15) is 9.59 Å². The zero-order valence-corrected chi connectivity index (χ0v) is 9.67. The first-order valence-corrected chi connectivity index (χ1v) is 5.72. The smallest absolute Gasteiger partial charge is 0.310 e. The van der Waals surface area contributed by atoms with Gasteiger partial charge in [0.2, 0.25) is 0 Å². The Bertz CT molecular complexity index is 476. The summed E-state index contributed by atoms with van der Waals surface area (Å²) in [6.45, 7) is 3.36. The van der Waals surface area contributed by atoms with Crippen molar-refractivity contribution in [1.82, 2.24) is 9.97 Å². The number of aromatic nitrogens is 2. The number of hydrogen-bond donors (Lipinski definition) is 1. The van der Waals surface area contributed by atoms with Crippen LogP contribution in [0.2, 0.25) is 0 Å². The highest BCUT2D eigenvalue weighted by molar-refractivity contribution is 5.82. The van der Waals surface area contributed by atoms with E-state index in [4.69, 9.17) is 0 Å². The number of nitrogens with zero attached hydrogens (tertiary/aromatic N) is 1. The minimum Gasteiger partial charge on any atom is -0.310 e. The van der Waals surface area contributed by atoms with Gasteiger partial charge in [0.15, 0.2) is 0 Å². The molecule has 1 aliphatic carbocycles. The minimum absolute atomic E-state index is 0.0610. The maximum atomic E-state index is 11.4. The van der Waals surface area contributed by atoms with Gasteiger partial charge in [-0.15, -0.1) is 0 Å². The van der Waals surface area contributed by atoms with Crippen molar-refractivity contribution in [1.29, 1.82) is 0 Å². The maximum Gasteiger partial charge on any atom is 0.345 e. The average molecular weight is 220 g/mol. The molecule has 0 saturated heterocycles. The molecule has 16 heavy (non-hydrogen) atoms. The standard InChI is InChI=1S/C12H16N2O2/c1-7(8(2)15)11-9-5-3-4-6-10(9)13-12(16)14-11/h7H,3-6H2,1-2H3,(H,13,14,16). The summed E-state index contributed by atoms with van der Waals surface area (Å²) >= 11 is 0. The number of aromatic amines is 1. The number of fused-ring (bicyclic) bond motifs is 1. The highest BCUT2D eigenvalue weighted by Crippen LogP contribution is 2.25. The molecule has 1 heterocycles. The second-order valence-electron chi connectivity index (χ2n) is 4.42. The first-order valence-electron chi connectivity index (χ1n) is 5.72. The van der Waals surface area contributed by atoms with Crippen molar-refractivity contribution in [2.45, 2.75) is 45.4 Å². The van der Waals surface area contributed by atoms with Crippen molar-refractivity contribution in [2.75, 3.05) is 0 Å². The van der Waals surface area contributed by atoms with Gasteiger partial charge >= 0.3 is 5.69 Å². The molecule has 0 radical (unpaired) electrons. The first-order chi connectivity index (χ1) is 7.59. The second kappa shape index (κ2) is 4.20. The molecule has 0 aromatic carbocycles. The number of aryl methyl sites for hydroxylation is 1. The summed E-state index contributed by atoms with van der Waals surface area (Å²) < 4.78 is 0. The summed E-state index contributed by atoms with van der Waals surface area (Å²) in [5.74, 6) is -0.208. The number of carbonyl (C=O) groups excluding carboxylic acids is 1. The maximum absolute atomic E-state index is 11.4. The molecule has 1 unspecified atom stereocenters. The van der Waals surface area contributed by atoms with E-state index in [0.717, 1.165) is 36.9 Å². The Morgan fingerprint density at radius 1 is 1.38 bits per heavy atom. The monoisotopic (exact) mass is 220 g/mol. The number of rotatable bonds is 2. The minimum atomic E-state index is -0.330. The van der Waals surface area contributed by atoms with Crippen LogP contribution in [0.15, 0.2) is 4.79 Å².